The summed E-state index contributed by atoms with van der Waals surface area (Å²) in [6, 6.07) is 60.7. The number of rotatable bonds is 2. The smallest absolute Gasteiger partial charge is 0.235 e. The molecule has 0 saturated carbocycles. The summed E-state index contributed by atoms with van der Waals surface area (Å²) in [6.45, 7) is 0. The molecule has 10 aromatic rings. The number of allylic oxidation sites excluding steroid dienone is 1. The average molecular weight is 744 g/mol. The van der Waals surface area contributed by atoms with Crippen LogP contribution in [0.2, 0.25) is 0 Å². The van der Waals surface area contributed by atoms with Crippen LogP contribution in [0.5, 0.6) is 0 Å². The van der Waals surface area contributed by atoms with Crippen LogP contribution < -0.4 is 0 Å². The monoisotopic (exact) mass is 743 g/mol. The SMILES string of the molecule is C1=Cc2cc(-c3nc(-n4c5cc6c(cc5c5c7ccccc7ccc54)C4(c5ccccc5S6)c5ccccc5-c5ccccc54)nc4ccccc34)ccc2CC1. The first-order valence-electron chi connectivity index (χ1n) is 19.8. The van der Waals surface area contributed by atoms with Crippen molar-refractivity contribution in [3.63, 3.8) is 0 Å². The van der Waals surface area contributed by atoms with Gasteiger partial charge in [-0.05, 0) is 105 Å². The van der Waals surface area contributed by atoms with E-state index in [1.807, 2.05) is 11.8 Å². The zero-order valence-corrected chi connectivity index (χ0v) is 31.7. The first-order valence-corrected chi connectivity index (χ1v) is 20.6. The molecule has 0 unspecified atom stereocenters. The van der Waals surface area contributed by atoms with Crippen molar-refractivity contribution in [3.8, 4) is 28.3 Å². The Morgan fingerprint density at radius 3 is 2.14 bits per heavy atom. The summed E-state index contributed by atoms with van der Waals surface area (Å²) in [5, 5.41) is 5.93. The van der Waals surface area contributed by atoms with Crippen LogP contribution in [0.15, 0.2) is 180 Å². The molecule has 266 valence electrons. The van der Waals surface area contributed by atoms with Gasteiger partial charge in [0.1, 0.15) is 0 Å². The molecule has 0 bridgehead atoms. The fourth-order valence-electron chi connectivity index (χ4n) is 10.3. The van der Waals surface area contributed by atoms with Gasteiger partial charge in [-0.1, -0.05) is 151 Å². The van der Waals surface area contributed by atoms with Crippen molar-refractivity contribution in [1.82, 2.24) is 14.5 Å². The van der Waals surface area contributed by atoms with Gasteiger partial charge >= 0.3 is 0 Å². The van der Waals surface area contributed by atoms with E-state index >= 15 is 0 Å². The van der Waals surface area contributed by atoms with E-state index in [9.17, 15) is 0 Å². The van der Waals surface area contributed by atoms with Gasteiger partial charge in [0.25, 0.3) is 0 Å². The van der Waals surface area contributed by atoms with E-state index in [4.69, 9.17) is 9.97 Å². The van der Waals surface area contributed by atoms with Crippen molar-refractivity contribution in [3.05, 3.63) is 203 Å². The third-order valence-electron chi connectivity index (χ3n) is 12.7. The van der Waals surface area contributed by atoms with Gasteiger partial charge in [-0.25, -0.2) is 9.97 Å². The molecular formula is C53H33N3S. The van der Waals surface area contributed by atoms with Gasteiger partial charge in [0.15, 0.2) is 0 Å². The molecule has 2 aliphatic carbocycles. The van der Waals surface area contributed by atoms with Crippen LogP contribution in [0.4, 0.5) is 0 Å². The average Bonchev–Trinajstić information content (AvgIpc) is 3.76. The second-order valence-corrected chi connectivity index (χ2v) is 16.6. The molecule has 0 atom stereocenters. The zero-order chi connectivity index (χ0) is 37.2. The van der Waals surface area contributed by atoms with Gasteiger partial charge in [-0.15, -0.1) is 0 Å². The Morgan fingerprint density at radius 1 is 0.544 bits per heavy atom. The van der Waals surface area contributed by atoms with E-state index in [2.05, 4.69) is 181 Å². The normalized spacial score (nSPS) is 14.5. The lowest BCUT2D eigenvalue weighted by Gasteiger charge is -2.39. The van der Waals surface area contributed by atoms with Crippen molar-refractivity contribution < 1.29 is 0 Å². The van der Waals surface area contributed by atoms with Gasteiger partial charge in [-0.3, -0.25) is 4.57 Å². The van der Waals surface area contributed by atoms with Gasteiger partial charge in [0.05, 0.1) is 27.7 Å². The number of nitrogens with zero attached hydrogens (tertiary/aromatic N) is 3. The fraction of sp³-hybridized carbons (Fsp3) is 0.0566. The third-order valence-corrected chi connectivity index (χ3v) is 13.8. The Balaban J connectivity index is 1.16. The van der Waals surface area contributed by atoms with Crippen LogP contribution in [-0.4, -0.2) is 14.5 Å². The minimum absolute atomic E-state index is 0.467. The Bertz CT molecular complexity index is 3360. The van der Waals surface area contributed by atoms with Crippen molar-refractivity contribution >= 4 is 61.3 Å². The molecule has 4 heteroatoms. The lowest BCUT2D eigenvalue weighted by atomic mass is 9.67. The number of benzene rings is 8. The van der Waals surface area contributed by atoms with Crippen molar-refractivity contribution in [2.24, 2.45) is 0 Å². The Kier molecular flexibility index (Phi) is 6.42. The van der Waals surface area contributed by atoms with Gasteiger partial charge < -0.3 is 0 Å². The number of hydrogen-bond acceptors (Lipinski definition) is 3. The second-order valence-electron chi connectivity index (χ2n) is 15.6. The molecule has 0 N–H and O–H groups in total. The molecule has 3 nitrogen and oxygen atoms in total. The Labute approximate surface area is 334 Å². The van der Waals surface area contributed by atoms with Crippen LogP contribution in [-0.2, 0) is 11.8 Å². The largest absolute Gasteiger partial charge is 0.278 e. The third kappa shape index (κ3) is 4.23. The van der Waals surface area contributed by atoms with Crippen LogP contribution in [0, 0.1) is 0 Å². The van der Waals surface area contributed by atoms with Gasteiger partial charge in [0, 0.05) is 31.5 Å². The Hall–Kier alpha value is -6.75. The molecule has 2 aromatic heterocycles. The van der Waals surface area contributed by atoms with Gasteiger partial charge in [0.2, 0.25) is 5.95 Å². The lowest BCUT2D eigenvalue weighted by Crippen LogP contribution is -2.32. The number of aromatic nitrogens is 3. The molecule has 13 rings (SSSR count). The second kappa shape index (κ2) is 11.6. The number of fused-ring (bicyclic) bond motifs is 16. The van der Waals surface area contributed by atoms with E-state index in [0.717, 1.165) is 46.0 Å². The quantitative estimate of drug-likeness (QED) is 0.177. The molecule has 0 radical (unpaired) electrons. The summed E-state index contributed by atoms with van der Waals surface area (Å²) < 4.78 is 2.33. The maximum Gasteiger partial charge on any atom is 0.235 e. The van der Waals surface area contributed by atoms with E-state index < -0.39 is 5.41 Å². The van der Waals surface area contributed by atoms with E-state index in [1.165, 1.54) is 75.8 Å². The molecule has 1 aliphatic heterocycles. The molecule has 0 saturated heterocycles. The molecular weight excluding hydrogens is 711 g/mol. The van der Waals surface area contributed by atoms with E-state index in [0.29, 0.717) is 5.95 Å². The van der Waals surface area contributed by atoms with Crippen molar-refractivity contribution in [2.45, 2.75) is 28.0 Å². The maximum atomic E-state index is 5.54. The minimum Gasteiger partial charge on any atom is -0.278 e. The first kappa shape index (κ1) is 31.5. The van der Waals surface area contributed by atoms with Gasteiger partial charge in [-0.2, -0.15) is 0 Å². The highest BCUT2D eigenvalue weighted by molar-refractivity contribution is 7.99. The number of para-hydroxylation sites is 1. The highest BCUT2D eigenvalue weighted by atomic mass is 32.2. The topological polar surface area (TPSA) is 30.7 Å². The number of hydrogen-bond donors (Lipinski definition) is 0. The zero-order valence-electron chi connectivity index (χ0n) is 30.9. The predicted octanol–water partition coefficient (Wildman–Crippen LogP) is 13.3. The van der Waals surface area contributed by atoms with Crippen molar-refractivity contribution in [2.75, 3.05) is 0 Å². The summed E-state index contributed by atoms with van der Waals surface area (Å²) in [5.41, 5.74) is 15.4. The molecule has 3 heterocycles. The fourth-order valence-corrected chi connectivity index (χ4v) is 11.5. The predicted molar refractivity (Wildman–Crippen MR) is 236 cm³/mol. The summed E-state index contributed by atoms with van der Waals surface area (Å²) in [7, 11) is 0. The molecule has 57 heavy (non-hydrogen) atoms. The van der Waals surface area contributed by atoms with Crippen molar-refractivity contribution in [1.29, 1.82) is 0 Å². The summed E-state index contributed by atoms with van der Waals surface area (Å²) in [4.78, 5) is 13.5. The summed E-state index contributed by atoms with van der Waals surface area (Å²) >= 11 is 1.88. The standard InChI is InChI=1S/C53H33N3S/c1-2-15-34-29-35(26-25-32(34)13-1)51-39-19-7-11-23-45(39)54-52(55-51)56-46-28-27-33-14-3-4-16-36(33)50(46)40-30-44-49(31-47(40)56)57-48-24-12-10-22-43(48)53(44)41-20-8-5-17-37(41)38-18-6-9-21-42(38)53/h2-12,14-31H,1,13H2. The molecule has 0 amide bonds. The van der Waals surface area contributed by atoms with Crippen LogP contribution in [0.25, 0.3) is 77.9 Å². The minimum atomic E-state index is -0.467. The Morgan fingerprint density at radius 2 is 1.28 bits per heavy atom. The highest BCUT2D eigenvalue weighted by Crippen LogP contribution is 2.62. The summed E-state index contributed by atoms with van der Waals surface area (Å²) in [6.07, 6.45) is 6.70. The van der Waals surface area contributed by atoms with E-state index in [-0.39, 0.29) is 0 Å². The van der Waals surface area contributed by atoms with Crippen LogP contribution in [0.1, 0.15) is 39.8 Å². The van der Waals surface area contributed by atoms with Crippen LogP contribution in [0.3, 0.4) is 0 Å². The molecule has 0 fully saturated rings. The summed E-state index contributed by atoms with van der Waals surface area (Å²) in [5.74, 6) is 0.680. The highest BCUT2D eigenvalue weighted by Gasteiger charge is 2.50. The number of aryl methyl sites for hydroxylation is 1. The first-order chi connectivity index (χ1) is 28.3. The molecule has 8 aromatic carbocycles. The molecule has 3 aliphatic rings. The maximum absolute atomic E-state index is 5.54. The van der Waals surface area contributed by atoms with E-state index in [1.54, 1.807) is 0 Å². The molecule has 1 spiro atoms. The lowest BCUT2D eigenvalue weighted by molar-refractivity contribution is 0.724. The van der Waals surface area contributed by atoms with Crippen LogP contribution >= 0.6 is 11.8 Å².